The van der Waals surface area contributed by atoms with Crippen molar-refractivity contribution in [2.24, 2.45) is 0 Å². The van der Waals surface area contributed by atoms with Gasteiger partial charge in [0, 0.05) is 10.2 Å². The Balaban J connectivity index is 2.33. The first-order valence-electron chi connectivity index (χ1n) is 5.41. The van der Waals surface area contributed by atoms with E-state index < -0.39 is 15.7 Å². The Morgan fingerprint density at radius 1 is 1.11 bits per heavy atom. The number of halogens is 2. The van der Waals surface area contributed by atoms with Crippen LogP contribution in [0.25, 0.3) is 0 Å². The average Bonchev–Trinajstić information content (AvgIpc) is 2.33. The highest BCUT2D eigenvalue weighted by Crippen LogP contribution is 2.23. The molecule has 0 saturated heterocycles. The van der Waals surface area contributed by atoms with E-state index in [9.17, 15) is 12.8 Å². The lowest BCUT2D eigenvalue weighted by Crippen LogP contribution is -2.07. The molecule has 0 aliphatic heterocycles. The van der Waals surface area contributed by atoms with Crippen LogP contribution in [0.3, 0.4) is 0 Å². The van der Waals surface area contributed by atoms with Gasteiger partial charge in [0.15, 0.2) is 9.84 Å². The number of anilines is 1. The molecule has 0 saturated carbocycles. The molecule has 0 atom stereocenters. The SMILES string of the molecule is Nc1cc(Br)ccc1CS(=O)(=O)c1ccc(F)cc1. The van der Waals surface area contributed by atoms with Crippen LogP contribution in [0.15, 0.2) is 51.8 Å². The Morgan fingerprint density at radius 2 is 1.74 bits per heavy atom. The maximum Gasteiger partial charge on any atom is 0.182 e. The molecular weight excluding hydrogens is 333 g/mol. The van der Waals surface area contributed by atoms with Crippen molar-refractivity contribution < 1.29 is 12.8 Å². The van der Waals surface area contributed by atoms with E-state index >= 15 is 0 Å². The second-order valence-electron chi connectivity index (χ2n) is 4.06. The normalized spacial score (nSPS) is 11.5. The summed E-state index contributed by atoms with van der Waals surface area (Å²) in [4.78, 5) is 0.0798. The van der Waals surface area contributed by atoms with Crippen LogP contribution in [0.5, 0.6) is 0 Å². The first-order valence-corrected chi connectivity index (χ1v) is 7.85. The van der Waals surface area contributed by atoms with Gasteiger partial charge in [-0.05, 0) is 42.0 Å². The van der Waals surface area contributed by atoms with Crippen LogP contribution >= 0.6 is 15.9 Å². The van der Waals surface area contributed by atoms with Crippen LogP contribution in [0.4, 0.5) is 10.1 Å². The number of hydrogen-bond acceptors (Lipinski definition) is 3. The van der Waals surface area contributed by atoms with Gasteiger partial charge < -0.3 is 5.73 Å². The zero-order valence-electron chi connectivity index (χ0n) is 9.81. The third-order valence-electron chi connectivity index (χ3n) is 2.63. The molecule has 0 heterocycles. The third kappa shape index (κ3) is 3.33. The van der Waals surface area contributed by atoms with Crippen LogP contribution in [0.1, 0.15) is 5.56 Å². The summed E-state index contributed by atoms with van der Waals surface area (Å²) in [7, 11) is -3.53. The maximum atomic E-state index is 12.8. The zero-order valence-corrected chi connectivity index (χ0v) is 12.2. The Morgan fingerprint density at radius 3 is 2.32 bits per heavy atom. The highest BCUT2D eigenvalue weighted by atomic mass is 79.9. The first-order chi connectivity index (χ1) is 8.88. The van der Waals surface area contributed by atoms with E-state index in [1.807, 2.05) is 0 Å². The van der Waals surface area contributed by atoms with Gasteiger partial charge >= 0.3 is 0 Å². The predicted molar refractivity (Wildman–Crippen MR) is 75.8 cm³/mol. The number of nitrogen functional groups attached to an aromatic ring is 1. The van der Waals surface area contributed by atoms with Gasteiger partial charge in [0.25, 0.3) is 0 Å². The summed E-state index contributed by atoms with van der Waals surface area (Å²) in [6.07, 6.45) is 0. The van der Waals surface area contributed by atoms with Gasteiger partial charge in [-0.15, -0.1) is 0 Å². The smallest absolute Gasteiger partial charge is 0.182 e. The molecule has 2 rings (SSSR count). The second-order valence-corrected chi connectivity index (χ2v) is 6.96. The minimum absolute atomic E-state index is 0.0798. The zero-order chi connectivity index (χ0) is 14.0. The highest BCUT2D eigenvalue weighted by Gasteiger charge is 2.16. The molecule has 2 aromatic carbocycles. The molecule has 2 aromatic rings. The molecule has 0 bridgehead atoms. The lowest BCUT2D eigenvalue weighted by Gasteiger charge is -2.07. The molecular formula is C13H11BrFNO2S. The van der Waals surface area contributed by atoms with Gasteiger partial charge in [-0.2, -0.15) is 0 Å². The minimum atomic E-state index is -3.53. The number of sulfone groups is 1. The van der Waals surface area contributed by atoms with Crippen molar-refractivity contribution in [3.63, 3.8) is 0 Å². The number of hydrogen-bond donors (Lipinski definition) is 1. The minimum Gasteiger partial charge on any atom is -0.398 e. The van der Waals surface area contributed by atoms with Crippen molar-refractivity contribution in [1.82, 2.24) is 0 Å². The molecule has 0 spiro atoms. The van der Waals surface area contributed by atoms with Crippen LogP contribution in [-0.4, -0.2) is 8.42 Å². The largest absolute Gasteiger partial charge is 0.398 e. The van der Waals surface area contributed by atoms with Crippen LogP contribution in [-0.2, 0) is 15.6 Å². The number of nitrogens with two attached hydrogens (primary N) is 1. The molecule has 3 nitrogen and oxygen atoms in total. The van der Waals surface area contributed by atoms with Gasteiger partial charge in [-0.3, -0.25) is 0 Å². The Kier molecular flexibility index (Phi) is 3.91. The summed E-state index contributed by atoms with van der Waals surface area (Å²) in [6.45, 7) is 0. The first kappa shape index (κ1) is 14.0. The summed E-state index contributed by atoms with van der Waals surface area (Å²) < 4.78 is 37.9. The van der Waals surface area contributed by atoms with Gasteiger partial charge in [-0.25, -0.2) is 12.8 Å². The Hall–Kier alpha value is -1.40. The Bertz CT molecular complexity index is 699. The van der Waals surface area contributed by atoms with Gasteiger partial charge in [0.1, 0.15) is 5.82 Å². The summed E-state index contributed by atoms with van der Waals surface area (Å²) in [5.41, 5.74) is 6.70. The molecule has 19 heavy (non-hydrogen) atoms. The molecule has 100 valence electrons. The fourth-order valence-corrected chi connectivity index (χ4v) is 3.40. The number of benzene rings is 2. The molecule has 0 fully saturated rings. The van der Waals surface area contributed by atoms with Crippen LogP contribution in [0.2, 0.25) is 0 Å². The van der Waals surface area contributed by atoms with E-state index in [0.717, 1.165) is 16.6 Å². The van der Waals surface area contributed by atoms with Crippen molar-refractivity contribution in [3.05, 3.63) is 58.3 Å². The van der Waals surface area contributed by atoms with Crippen LogP contribution in [0, 0.1) is 5.82 Å². The van der Waals surface area contributed by atoms with Crippen molar-refractivity contribution in [2.45, 2.75) is 10.6 Å². The van der Waals surface area contributed by atoms with Crippen LogP contribution < -0.4 is 5.73 Å². The average molecular weight is 344 g/mol. The van der Waals surface area contributed by atoms with Crippen molar-refractivity contribution in [2.75, 3.05) is 5.73 Å². The van der Waals surface area contributed by atoms with E-state index in [2.05, 4.69) is 15.9 Å². The van der Waals surface area contributed by atoms with Crippen molar-refractivity contribution >= 4 is 31.5 Å². The molecule has 6 heteroatoms. The lowest BCUT2D eigenvalue weighted by atomic mass is 10.2. The maximum absolute atomic E-state index is 12.8. The monoisotopic (exact) mass is 343 g/mol. The van der Waals surface area contributed by atoms with Crippen molar-refractivity contribution in [1.29, 1.82) is 0 Å². The molecule has 0 amide bonds. The topological polar surface area (TPSA) is 60.2 Å². The van der Waals surface area contributed by atoms with E-state index in [1.165, 1.54) is 12.1 Å². The van der Waals surface area contributed by atoms with Crippen molar-refractivity contribution in [3.8, 4) is 0 Å². The lowest BCUT2D eigenvalue weighted by molar-refractivity contribution is 0.594. The van der Waals surface area contributed by atoms with E-state index in [0.29, 0.717) is 11.3 Å². The Labute approximate surface area is 119 Å². The third-order valence-corrected chi connectivity index (χ3v) is 4.80. The summed E-state index contributed by atoms with van der Waals surface area (Å²) >= 11 is 3.26. The fraction of sp³-hybridized carbons (Fsp3) is 0.0769. The predicted octanol–water partition coefficient (Wildman–Crippen LogP) is 3.14. The summed E-state index contributed by atoms with van der Waals surface area (Å²) in [5, 5.41) is 0. The number of rotatable bonds is 3. The molecule has 0 unspecified atom stereocenters. The summed E-state index contributed by atoms with van der Waals surface area (Å²) in [6, 6.07) is 9.77. The molecule has 2 N–H and O–H groups in total. The fourth-order valence-electron chi connectivity index (χ4n) is 1.63. The van der Waals surface area contributed by atoms with E-state index in [4.69, 9.17) is 5.73 Å². The van der Waals surface area contributed by atoms with Gasteiger partial charge in [-0.1, -0.05) is 22.0 Å². The molecule has 0 radical (unpaired) electrons. The molecule has 0 aliphatic carbocycles. The quantitative estimate of drug-likeness (QED) is 0.687. The molecule has 0 aliphatic rings. The summed E-state index contributed by atoms with van der Waals surface area (Å²) in [5.74, 6) is -0.681. The second kappa shape index (κ2) is 5.30. The molecule has 0 aromatic heterocycles. The highest BCUT2D eigenvalue weighted by molar-refractivity contribution is 9.10. The van der Waals surface area contributed by atoms with Gasteiger partial charge in [0.2, 0.25) is 0 Å². The van der Waals surface area contributed by atoms with E-state index in [-0.39, 0.29) is 10.6 Å². The standard InChI is InChI=1S/C13H11BrFNO2S/c14-10-2-1-9(13(16)7-10)8-19(17,18)12-5-3-11(15)4-6-12/h1-7H,8,16H2. The van der Waals surface area contributed by atoms with E-state index in [1.54, 1.807) is 18.2 Å². The van der Waals surface area contributed by atoms with Gasteiger partial charge in [0.05, 0.1) is 10.6 Å².